The average Bonchev–Trinajstić information content (AvgIpc) is 3.49. The molecule has 37 heavy (non-hydrogen) atoms. The molecule has 0 radical (unpaired) electrons. The molecule has 194 valence electrons. The number of benzene rings is 2. The van der Waals surface area contributed by atoms with Crippen molar-refractivity contribution in [3.05, 3.63) is 65.0 Å². The molecule has 8 nitrogen and oxygen atoms in total. The fourth-order valence-electron chi connectivity index (χ4n) is 5.56. The number of halogens is 3. The van der Waals surface area contributed by atoms with Crippen molar-refractivity contribution < 1.29 is 37.1 Å². The quantitative estimate of drug-likeness (QED) is 0.652. The molecule has 11 heteroatoms. The Morgan fingerprint density at radius 3 is 2.57 bits per heavy atom. The number of hydrogen-bond acceptors (Lipinski definition) is 5. The Kier molecular flexibility index (Phi) is 6.17. The highest BCUT2D eigenvalue weighted by atomic mass is 19.3. The van der Waals surface area contributed by atoms with E-state index in [-0.39, 0.29) is 30.0 Å². The molecular weight excluding hydrogens is 491 g/mol. The standard InChI is InChI=1S/C26H24F3N3O5/c1-14-2-9-20(15-3-5-17(27)6-4-15)32(14)21(33)13-31-24(35)26(37-25(31)36)11-10-16-12-18(7-8-19(16)26)30-23(34)22(28)29/h3-8,12,14,20,22H,2,9-11,13H2,1H3,(H,30,34)/t14-,20-,26+/m0/s1. The number of alkyl halides is 2. The first-order valence-corrected chi connectivity index (χ1v) is 11.9. The van der Waals surface area contributed by atoms with Crippen LogP contribution < -0.4 is 5.32 Å². The fraction of sp³-hybridized carbons (Fsp3) is 0.385. The van der Waals surface area contributed by atoms with Crippen LogP contribution in [-0.2, 0) is 31.1 Å². The zero-order valence-electron chi connectivity index (χ0n) is 19.9. The number of hydrogen-bond donors (Lipinski definition) is 1. The average molecular weight is 515 g/mol. The van der Waals surface area contributed by atoms with Crippen LogP contribution >= 0.6 is 0 Å². The van der Waals surface area contributed by atoms with E-state index < -0.39 is 42.4 Å². The van der Waals surface area contributed by atoms with Crippen molar-refractivity contribution in [2.45, 2.75) is 56.7 Å². The Morgan fingerprint density at radius 2 is 1.86 bits per heavy atom. The first kappa shape index (κ1) is 24.8. The first-order chi connectivity index (χ1) is 17.6. The van der Waals surface area contributed by atoms with Crippen LogP contribution in [0.2, 0.25) is 0 Å². The Labute approximate surface area is 210 Å². The number of carbonyl (C=O) groups excluding carboxylic acids is 4. The molecule has 2 aliphatic heterocycles. The van der Waals surface area contributed by atoms with Gasteiger partial charge in [0.25, 0.3) is 11.8 Å². The highest BCUT2D eigenvalue weighted by Gasteiger charge is 2.58. The van der Waals surface area contributed by atoms with Crippen LogP contribution in [0.25, 0.3) is 0 Å². The Balaban J connectivity index is 1.34. The van der Waals surface area contributed by atoms with Crippen LogP contribution in [0.1, 0.15) is 48.9 Å². The van der Waals surface area contributed by atoms with E-state index in [1.54, 1.807) is 17.0 Å². The first-order valence-electron chi connectivity index (χ1n) is 11.9. The second-order valence-electron chi connectivity index (χ2n) is 9.54. The topological polar surface area (TPSA) is 96.0 Å². The molecule has 2 aromatic rings. The van der Waals surface area contributed by atoms with Gasteiger partial charge < -0.3 is 15.0 Å². The van der Waals surface area contributed by atoms with Crippen molar-refractivity contribution in [1.29, 1.82) is 0 Å². The maximum atomic E-state index is 13.5. The van der Waals surface area contributed by atoms with Gasteiger partial charge in [0.1, 0.15) is 12.4 Å². The summed E-state index contributed by atoms with van der Waals surface area (Å²) in [6.45, 7) is 1.38. The predicted octanol–water partition coefficient (Wildman–Crippen LogP) is 3.90. The van der Waals surface area contributed by atoms with Gasteiger partial charge in [0, 0.05) is 23.7 Å². The van der Waals surface area contributed by atoms with Crippen LogP contribution in [0.15, 0.2) is 42.5 Å². The summed E-state index contributed by atoms with van der Waals surface area (Å²) >= 11 is 0. The highest BCUT2D eigenvalue weighted by Crippen LogP contribution is 2.46. The minimum Gasteiger partial charge on any atom is -0.427 e. The SMILES string of the molecule is C[C@H]1CC[C@@H](c2ccc(F)cc2)N1C(=O)CN1C(=O)O[C@@]2(CCc3cc(NC(=O)C(F)F)ccc32)C1=O. The third kappa shape index (κ3) is 4.21. The smallest absolute Gasteiger partial charge is 0.418 e. The van der Waals surface area contributed by atoms with Crippen molar-refractivity contribution >= 4 is 29.5 Å². The highest BCUT2D eigenvalue weighted by molar-refractivity contribution is 6.06. The molecule has 0 aromatic heterocycles. The van der Waals surface area contributed by atoms with Crippen molar-refractivity contribution in [2.24, 2.45) is 0 Å². The number of carbonyl (C=O) groups is 4. The van der Waals surface area contributed by atoms with Crippen LogP contribution in [-0.4, -0.2) is 52.6 Å². The van der Waals surface area contributed by atoms with Gasteiger partial charge in [-0.1, -0.05) is 18.2 Å². The van der Waals surface area contributed by atoms with Gasteiger partial charge in [0.15, 0.2) is 0 Å². The fourth-order valence-corrected chi connectivity index (χ4v) is 5.56. The number of likely N-dealkylation sites (tertiary alicyclic amines) is 1. The lowest BCUT2D eigenvalue weighted by molar-refractivity contribution is -0.143. The van der Waals surface area contributed by atoms with Crippen molar-refractivity contribution in [1.82, 2.24) is 9.80 Å². The maximum Gasteiger partial charge on any atom is 0.418 e. The van der Waals surface area contributed by atoms with E-state index in [1.807, 2.05) is 6.92 Å². The molecule has 1 aliphatic carbocycles. The maximum absolute atomic E-state index is 13.5. The Morgan fingerprint density at radius 1 is 1.14 bits per heavy atom. The van der Waals surface area contributed by atoms with Gasteiger partial charge >= 0.3 is 12.5 Å². The van der Waals surface area contributed by atoms with Gasteiger partial charge in [-0.15, -0.1) is 0 Å². The number of nitrogens with one attached hydrogen (secondary N) is 1. The Hall–Kier alpha value is -3.89. The number of ether oxygens (including phenoxy) is 1. The van der Waals surface area contributed by atoms with Crippen molar-refractivity contribution in [3.8, 4) is 0 Å². The van der Waals surface area contributed by atoms with Crippen LogP contribution in [0, 0.1) is 5.82 Å². The normalized spacial score (nSPS) is 24.7. The predicted molar refractivity (Wildman–Crippen MR) is 124 cm³/mol. The van der Waals surface area contributed by atoms with Gasteiger partial charge in [-0.2, -0.15) is 8.78 Å². The molecule has 5 rings (SSSR count). The molecule has 2 saturated heterocycles. The summed E-state index contributed by atoms with van der Waals surface area (Å²) < 4.78 is 44.1. The van der Waals surface area contributed by atoms with E-state index in [0.717, 1.165) is 10.5 Å². The lowest BCUT2D eigenvalue weighted by Gasteiger charge is -2.30. The van der Waals surface area contributed by atoms with E-state index in [1.165, 1.54) is 30.3 Å². The van der Waals surface area contributed by atoms with Gasteiger partial charge in [-0.05, 0) is 61.6 Å². The molecule has 3 atom stereocenters. The number of imide groups is 1. The molecule has 0 bridgehead atoms. The molecule has 2 fully saturated rings. The van der Waals surface area contributed by atoms with Crippen molar-refractivity contribution in [2.75, 3.05) is 11.9 Å². The van der Waals surface area contributed by atoms with E-state index >= 15 is 0 Å². The zero-order chi connectivity index (χ0) is 26.5. The number of rotatable bonds is 5. The van der Waals surface area contributed by atoms with Crippen molar-refractivity contribution in [3.63, 3.8) is 0 Å². The number of fused-ring (bicyclic) bond motifs is 2. The molecule has 1 N–H and O–H groups in total. The second-order valence-corrected chi connectivity index (χ2v) is 9.54. The van der Waals surface area contributed by atoms with Gasteiger partial charge in [-0.3, -0.25) is 14.4 Å². The Bertz CT molecular complexity index is 1280. The minimum atomic E-state index is -3.18. The molecule has 0 unspecified atom stereocenters. The molecule has 0 saturated carbocycles. The summed E-state index contributed by atoms with van der Waals surface area (Å²) in [5.74, 6) is -2.93. The molecule has 2 aromatic carbocycles. The monoisotopic (exact) mass is 515 g/mol. The van der Waals surface area contributed by atoms with Gasteiger partial charge in [-0.25, -0.2) is 14.1 Å². The lowest BCUT2D eigenvalue weighted by Crippen LogP contribution is -2.46. The molecule has 4 amide bonds. The summed E-state index contributed by atoms with van der Waals surface area (Å²) in [5, 5.41) is 2.10. The van der Waals surface area contributed by atoms with E-state index in [2.05, 4.69) is 5.32 Å². The van der Waals surface area contributed by atoms with Crippen LogP contribution in [0.5, 0.6) is 0 Å². The van der Waals surface area contributed by atoms with Crippen LogP contribution in [0.3, 0.4) is 0 Å². The summed E-state index contributed by atoms with van der Waals surface area (Å²) in [5.41, 5.74) is 0.274. The third-order valence-corrected chi connectivity index (χ3v) is 7.33. The summed E-state index contributed by atoms with van der Waals surface area (Å²) in [6, 6.07) is 9.75. The molecular formula is C26H24F3N3O5. The molecule has 2 heterocycles. The largest absolute Gasteiger partial charge is 0.427 e. The summed E-state index contributed by atoms with van der Waals surface area (Å²) in [4.78, 5) is 53.4. The van der Waals surface area contributed by atoms with E-state index in [0.29, 0.717) is 30.4 Å². The van der Waals surface area contributed by atoms with Gasteiger partial charge in [0.05, 0.1) is 6.04 Å². The second kappa shape index (κ2) is 9.20. The van der Waals surface area contributed by atoms with Gasteiger partial charge in [0.2, 0.25) is 11.5 Å². The van der Waals surface area contributed by atoms with E-state index in [4.69, 9.17) is 4.74 Å². The number of aryl methyl sites for hydroxylation is 1. The summed E-state index contributed by atoms with van der Waals surface area (Å²) in [6.07, 6.45) is -2.30. The van der Waals surface area contributed by atoms with Crippen LogP contribution in [0.4, 0.5) is 23.7 Å². The number of amides is 4. The number of nitrogens with zero attached hydrogens (tertiary/aromatic N) is 2. The zero-order valence-corrected chi connectivity index (χ0v) is 19.9. The third-order valence-electron chi connectivity index (χ3n) is 7.33. The minimum absolute atomic E-state index is 0.127. The molecule has 3 aliphatic rings. The van der Waals surface area contributed by atoms with E-state index in [9.17, 15) is 32.3 Å². The lowest BCUT2D eigenvalue weighted by atomic mass is 9.94. The molecule has 1 spiro atoms. The number of anilines is 1. The summed E-state index contributed by atoms with van der Waals surface area (Å²) in [7, 11) is 0.